The molecule has 0 radical (unpaired) electrons. The number of rotatable bonds is 5. The summed E-state index contributed by atoms with van der Waals surface area (Å²) in [5, 5.41) is 0. The van der Waals surface area contributed by atoms with E-state index in [0.717, 1.165) is 23.8 Å². The van der Waals surface area contributed by atoms with Crippen molar-refractivity contribution in [2.75, 3.05) is 24.9 Å². The Morgan fingerprint density at radius 3 is 2.41 bits per heavy atom. The van der Waals surface area contributed by atoms with E-state index in [1.165, 1.54) is 30.3 Å². The zero-order valence-corrected chi connectivity index (χ0v) is 21.2. The topological polar surface area (TPSA) is 62.3 Å². The third kappa shape index (κ3) is 5.17. The number of halogens is 6. The molecule has 1 unspecified atom stereocenters. The first-order valence-corrected chi connectivity index (χ1v) is 12.7. The summed E-state index contributed by atoms with van der Waals surface area (Å²) < 4.78 is 97.2. The zero-order valence-electron chi connectivity index (χ0n) is 19.5. The number of likely N-dealkylation sites (tertiary alicyclic amines) is 1. The van der Waals surface area contributed by atoms with E-state index in [-0.39, 0.29) is 47.7 Å². The predicted molar refractivity (Wildman–Crippen MR) is 131 cm³/mol. The Labute approximate surface area is 217 Å². The first-order valence-electron chi connectivity index (χ1n) is 11.2. The summed E-state index contributed by atoms with van der Waals surface area (Å²) in [5.41, 5.74) is -0.822. The fourth-order valence-corrected chi connectivity index (χ4v) is 6.20. The van der Waals surface area contributed by atoms with Crippen LogP contribution >= 0.6 is 12.4 Å². The van der Waals surface area contributed by atoms with Crippen molar-refractivity contribution in [1.82, 2.24) is 9.88 Å². The molecule has 2 aliphatic rings. The molecule has 1 N–H and O–H groups in total. The summed E-state index contributed by atoms with van der Waals surface area (Å²) in [6.07, 6.45) is -3.62. The highest BCUT2D eigenvalue weighted by Gasteiger charge is 2.47. The van der Waals surface area contributed by atoms with Crippen LogP contribution in [-0.4, -0.2) is 38.4 Å². The van der Waals surface area contributed by atoms with Gasteiger partial charge in [0.15, 0.2) is 5.67 Å². The number of pyridine rings is 1. The van der Waals surface area contributed by atoms with Gasteiger partial charge in [0.1, 0.15) is 5.82 Å². The van der Waals surface area contributed by atoms with Crippen molar-refractivity contribution in [3.8, 4) is 0 Å². The van der Waals surface area contributed by atoms with Crippen molar-refractivity contribution >= 4 is 28.2 Å². The van der Waals surface area contributed by atoms with E-state index >= 15 is 4.39 Å². The smallest absolute Gasteiger partial charge is 0.299 e. The number of anilines is 1. The van der Waals surface area contributed by atoms with E-state index in [4.69, 9.17) is 0 Å². The minimum atomic E-state index is -4.60. The molecule has 3 aromatic rings. The summed E-state index contributed by atoms with van der Waals surface area (Å²) in [7, 11) is -2.36. The van der Waals surface area contributed by atoms with Crippen molar-refractivity contribution < 1.29 is 30.4 Å². The lowest BCUT2D eigenvalue weighted by Gasteiger charge is -2.44. The predicted octanol–water partition coefficient (Wildman–Crippen LogP) is 5.65. The second kappa shape index (κ2) is 9.52. The first kappa shape index (κ1) is 27.3. The molecule has 1 aliphatic carbocycles. The average molecular weight is 560 g/mol. The molecule has 12 heteroatoms. The van der Waals surface area contributed by atoms with Crippen LogP contribution in [0.3, 0.4) is 0 Å². The Bertz CT molecular complexity index is 1440. The molecule has 1 atom stereocenters. The van der Waals surface area contributed by atoms with Gasteiger partial charge in [-0.25, -0.2) is 17.8 Å². The standard InChI is InChI=1S/C25H22F5N3O2S.ClH/c1-33-13-24(27,14-33)21-12-16(25(28,29)30)6-9-20(21)19-8-5-15-11-17(7-10-18(15)19)36(34,35)32-23-4-2-3-22(26)31-23;/h2-4,6-7,9-12,19H,5,8,13-14H2,1H3,(H,31,32);1H. The lowest BCUT2D eigenvalue weighted by atomic mass is 9.79. The van der Waals surface area contributed by atoms with Crippen LogP contribution in [0.1, 0.15) is 40.2 Å². The second-order valence-electron chi connectivity index (χ2n) is 9.34. The number of sulfonamides is 1. The molecule has 0 spiro atoms. The van der Waals surface area contributed by atoms with E-state index < -0.39 is 33.4 Å². The monoisotopic (exact) mass is 559 g/mol. The van der Waals surface area contributed by atoms with Gasteiger partial charge in [-0.3, -0.25) is 9.62 Å². The van der Waals surface area contributed by atoms with E-state index in [2.05, 4.69) is 9.71 Å². The number of aromatic nitrogens is 1. The van der Waals surface area contributed by atoms with Crippen molar-refractivity contribution in [2.24, 2.45) is 0 Å². The van der Waals surface area contributed by atoms with Gasteiger partial charge in [0.25, 0.3) is 10.0 Å². The number of hydrogen-bond acceptors (Lipinski definition) is 4. The van der Waals surface area contributed by atoms with Crippen molar-refractivity contribution in [2.45, 2.75) is 35.5 Å². The average Bonchev–Trinajstić information content (AvgIpc) is 3.20. The van der Waals surface area contributed by atoms with Crippen LogP contribution in [-0.2, 0) is 28.3 Å². The Morgan fingerprint density at radius 1 is 1.05 bits per heavy atom. The molecular formula is C25H23ClF5N3O2S. The molecule has 0 saturated carbocycles. The van der Waals surface area contributed by atoms with Gasteiger partial charge in [-0.2, -0.15) is 17.6 Å². The summed E-state index contributed by atoms with van der Waals surface area (Å²) in [6, 6.07) is 11.4. The van der Waals surface area contributed by atoms with Crippen LogP contribution < -0.4 is 4.72 Å². The number of hydrogen-bond donors (Lipinski definition) is 1. The minimum Gasteiger partial charge on any atom is -0.299 e. The highest BCUT2D eigenvalue weighted by molar-refractivity contribution is 7.92. The number of nitrogens with zero attached hydrogens (tertiary/aromatic N) is 2. The van der Waals surface area contributed by atoms with E-state index in [1.807, 2.05) is 0 Å². The molecular weight excluding hydrogens is 537 g/mol. The van der Waals surface area contributed by atoms with Crippen molar-refractivity contribution in [1.29, 1.82) is 0 Å². The third-order valence-corrected chi connectivity index (χ3v) is 8.09. The number of benzene rings is 2. The summed E-state index contributed by atoms with van der Waals surface area (Å²) >= 11 is 0. The molecule has 1 saturated heterocycles. The van der Waals surface area contributed by atoms with Gasteiger partial charge in [0.2, 0.25) is 5.95 Å². The fourth-order valence-electron chi connectivity index (χ4n) is 5.15. The van der Waals surface area contributed by atoms with Gasteiger partial charge in [-0.15, -0.1) is 12.4 Å². The maximum absolute atomic E-state index is 15.7. The molecule has 0 amide bonds. The van der Waals surface area contributed by atoms with Gasteiger partial charge < -0.3 is 0 Å². The SMILES string of the molecule is CN1CC(F)(c2cc(C(F)(F)F)ccc2C2CCc3cc(S(=O)(=O)Nc4cccc(F)n4)ccc32)C1.Cl. The van der Waals surface area contributed by atoms with Gasteiger partial charge in [-0.1, -0.05) is 18.2 Å². The molecule has 0 bridgehead atoms. The molecule has 1 fully saturated rings. The maximum Gasteiger partial charge on any atom is 0.416 e. The largest absolute Gasteiger partial charge is 0.416 e. The lowest BCUT2D eigenvalue weighted by molar-refractivity contribution is -0.137. The normalized spacial score (nSPS) is 19.0. The van der Waals surface area contributed by atoms with Gasteiger partial charge in [0, 0.05) is 19.0 Å². The summed E-state index contributed by atoms with van der Waals surface area (Å²) in [5.74, 6) is -1.37. The Hall–Kier alpha value is -2.76. The van der Waals surface area contributed by atoms with Crippen LogP contribution in [0.15, 0.2) is 59.5 Å². The quantitative estimate of drug-likeness (QED) is 0.324. The number of fused-ring (bicyclic) bond motifs is 1. The van der Waals surface area contributed by atoms with Crippen LogP contribution in [0.5, 0.6) is 0 Å². The van der Waals surface area contributed by atoms with Crippen LogP contribution in [0.25, 0.3) is 0 Å². The summed E-state index contributed by atoms with van der Waals surface area (Å²) in [6.45, 7) is -0.00426. The Balaban J connectivity index is 0.00000320. The number of nitrogens with one attached hydrogen (secondary N) is 1. The highest BCUT2D eigenvalue weighted by Crippen LogP contribution is 2.47. The zero-order chi connectivity index (χ0) is 25.9. The fraction of sp³-hybridized carbons (Fsp3) is 0.320. The second-order valence-corrected chi connectivity index (χ2v) is 11.0. The van der Waals surface area contributed by atoms with E-state index in [9.17, 15) is 26.0 Å². The number of likely N-dealkylation sites (N-methyl/N-ethyl adjacent to an activating group) is 1. The molecule has 198 valence electrons. The molecule has 5 rings (SSSR count). The Kier molecular flexibility index (Phi) is 7.02. The minimum absolute atomic E-state index is 0. The van der Waals surface area contributed by atoms with Crippen molar-refractivity contribution in [3.05, 3.63) is 88.4 Å². The van der Waals surface area contributed by atoms with E-state index in [1.54, 1.807) is 18.0 Å². The molecule has 2 heterocycles. The van der Waals surface area contributed by atoms with Gasteiger partial charge in [0.05, 0.1) is 10.5 Å². The van der Waals surface area contributed by atoms with Gasteiger partial charge >= 0.3 is 6.18 Å². The van der Waals surface area contributed by atoms with E-state index in [0.29, 0.717) is 24.0 Å². The number of aryl methyl sites for hydroxylation is 1. The van der Waals surface area contributed by atoms with Crippen LogP contribution in [0, 0.1) is 5.95 Å². The molecule has 1 aliphatic heterocycles. The lowest BCUT2D eigenvalue weighted by Crippen LogP contribution is -2.55. The molecule has 2 aromatic carbocycles. The van der Waals surface area contributed by atoms with Crippen LogP contribution in [0.4, 0.5) is 27.8 Å². The first-order chi connectivity index (χ1) is 16.9. The Morgan fingerprint density at radius 2 is 1.76 bits per heavy atom. The summed E-state index contributed by atoms with van der Waals surface area (Å²) in [4.78, 5) is 5.15. The van der Waals surface area contributed by atoms with Gasteiger partial charge in [-0.05, 0) is 78.5 Å². The number of alkyl halides is 4. The maximum atomic E-state index is 15.7. The highest BCUT2D eigenvalue weighted by atomic mass is 35.5. The van der Waals surface area contributed by atoms with Crippen molar-refractivity contribution in [3.63, 3.8) is 0 Å². The van der Waals surface area contributed by atoms with Crippen LogP contribution in [0.2, 0.25) is 0 Å². The molecule has 1 aromatic heterocycles. The molecule has 5 nitrogen and oxygen atoms in total. The molecule has 37 heavy (non-hydrogen) atoms. The third-order valence-electron chi connectivity index (χ3n) is 6.74.